The number of aliphatic hydroxyl groups excluding tert-OH is 3. The maximum absolute atomic E-state index is 13.3. The van der Waals surface area contributed by atoms with Gasteiger partial charge in [-0.1, -0.05) is 40.5 Å². The summed E-state index contributed by atoms with van der Waals surface area (Å²) in [6, 6.07) is 0. The summed E-state index contributed by atoms with van der Waals surface area (Å²) in [5, 5.41) is 26.8. The lowest BCUT2D eigenvalue weighted by atomic mass is 9.72. The van der Waals surface area contributed by atoms with Crippen molar-refractivity contribution in [3.63, 3.8) is 0 Å². The van der Waals surface area contributed by atoms with E-state index in [2.05, 4.69) is 0 Å². The van der Waals surface area contributed by atoms with Gasteiger partial charge < -0.3 is 48.5 Å². The van der Waals surface area contributed by atoms with Crippen LogP contribution < -0.4 is 0 Å². The zero-order chi connectivity index (χ0) is 78.5. The van der Waals surface area contributed by atoms with Crippen LogP contribution in [0.25, 0.3) is 0 Å². The molecule has 0 aliphatic heterocycles. The smallest absolute Gasteiger partial charge is 0.312 e. The van der Waals surface area contributed by atoms with Gasteiger partial charge >= 0.3 is 35.8 Å². The van der Waals surface area contributed by atoms with Crippen molar-refractivity contribution in [2.75, 3.05) is 14.2 Å². The van der Waals surface area contributed by atoms with Crippen molar-refractivity contribution in [2.24, 2.45) is 116 Å². The largest absolute Gasteiger partial charge is 0.469 e. The molecule has 8 bridgehead atoms. The first kappa shape index (κ1) is 89.6. The molecule has 12 aliphatic carbocycles. The first-order chi connectivity index (χ1) is 49.1. The molecule has 18 heteroatoms. The van der Waals surface area contributed by atoms with Gasteiger partial charge in [0.1, 0.15) is 47.4 Å². The summed E-state index contributed by atoms with van der Waals surface area (Å²) in [7, 11) is 2.36. The lowest BCUT2D eigenvalue weighted by Crippen LogP contribution is -2.45. The number of esters is 6. The highest BCUT2D eigenvalue weighted by Crippen LogP contribution is 2.60. The highest BCUT2D eigenvalue weighted by molar-refractivity contribution is 5.85. The Morgan fingerprint density at radius 3 is 1.36 bits per heavy atom. The summed E-state index contributed by atoms with van der Waals surface area (Å²) in [5.74, 6) is 9.25. The van der Waals surface area contributed by atoms with Gasteiger partial charge in [-0.15, -0.1) is 0 Å². The molecule has 0 heterocycles. The number of ketones is 2. The maximum atomic E-state index is 13.3. The predicted octanol–water partition coefficient (Wildman–Crippen LogP) is 16.8. The molecule has 19 unspecified atom stereocenters. The van der Waals surface area contributed by atoms with Gasteiger partial charge in [0.05, 0.1) is 52.8 Å². The highest BCUT2D eigenvalue weighted by Gasteiger charge is 2.55. The minimum atomic E-state index is -0.843. The van der Waals surface area contributed by atoms with E-state index in [1.54, 1.807) is 90.9 Å². The van der Waals surface area contributed by atoms with Gasteiger partial charge in [0.25, 0.3) is 0 Å². The third kappa shape index (κ3) is 23.2. The zero-order valence-corrected chi connectivity index (χ0v) is 68.8. The number of ether oxygens (including phenoxy) is 6. The lowest BCUT2D eigenvalue weighted by molar-refractivity contribution is -0.180. The van der Waals surface area contributed by atoms with E-state index in [-0.39, 0.29) is 102 Å². The van der Waals surface area contributed by atoms with E-state index in [1.807, 2.05) is 111 Å². The van der Waals surface area contributed by atoms with E-state index < -0.39 is 38.5 Å². The number of aliphatic hydroxyl groups is 3. The van der Waals surface area contributed by atoms with Gasteiger partial charge in [-0.2, -0.15) is 0 Å². The first-order valence-corrected chi connectivity index (χ1v) is 41.5. The molecule has 12 rings (SSSR count). The number of hydrogen-bond donors (Lipinski definition) is 3. The predicted molar refractivity (Wildman–Crippen MR) is 405 cm³/mol. The number of carbonyl (C=O) groups excluding carboxylic acids is 9. The number of Topliss-reactive ketones (excluding diaryl/α,β-unsaturated/α-hetero) is 2. The quantitative estimate of drug-likeness (QED) is 0.0712. The molecule has 0 spiro atoms. The molecular weight excluding hydrogens is 1330 g/mol. The van der Waals surface area contributed by atoms with E-state index in [9.17, 15) is 48.6 Å². The second kappa shape index (κ2) is 38.1. The first-order valence-electron chi connectivity index (χ1n) is 41.5. The molecule has 602 valence electrons. The van der Waals surface area contributed by atoms with Crippen LogP contribution in [0, 0.1) is 116 Å². The average Bonchev–Trinajstić information content (AvgIpc) is 1.66. The summed E-state index contributed by atoms with van der Waals surface area (Å²) < 4.78 is 33.8. The van der Waals surface area contributed by atoms with Crippen molar-refractivity contribution < 1.29 is 86.9 Å². The average molecular weight is 1480 g/mol. The number of hydrogen-bond acceptors (Lipinski definition) is 18. The van der Waals surface area contributed by atoms with Crippen molar-refractivity contribution >= 4 is 54.2 Å². The van der Waals surface area contributed by atoms with Crippen LogP contribution in [0.3, 0.4) is 0 Å². The number of carbonyl (C=O) groups is 9. The minimum Gasteiger partial charge on any atom is -0.469 e. The molecule has 0 amide bonds. The van der Waals surface area contributed by atoms with E-state index >= 15 is 0 Å². The Hall–Kier alpha value is -4.29. The normalized spacial score (nSPS) is 32.8. The second-order valence-corrected chi connectivity index (χ2v) is 38.5. The Bertz CT molecular complexity index is 2780. The molecule has 19 atom stereocenters. The van der Waals surface area contributed by atoms with Crippen LogP contribution in [0.15, 0.2) is 0 Å². The van der Waals surface area contributed by atoms with Crippen LogP contribution in [0.2, 0.25) is 0 Å². The molecule has 0 aromatic heterocycles. The molecule has 12 fully saturated rings. The Kier molecular flexibility index (Phi) is 32.5. The summed E-state index contributed by atoms with van der Waals surface area (Å²) in [6.45, 7) is 34.0. The van der Waals surface area contributed by atoms with Gasteiger partial charge in [-0.3, -0.25) is 38.4 Å². The van der Waals surface area contributed by atoms with Gasteiger partial charge in [0, 0.05) is 44.1 Å². The highest BCUT2D eigenvalue weighted by atomic mass is 16.6. The molecule has 0 aromatic rings. The fourth-order valence-electron chi connectivity index (χ4n) is 21.9. The number of rotatable bonds is 21. The van der Waals surface area contributed by atoms with Crippen LogP contribution in [-0.2, 0) is 71.6 Å². The summed E-state index contributed by atoms with van der Waals surface area (Å²) >= 11 is 0. The van der Waals surface area contributed by atoms with Crippen molar-refractivity contribution in [1.29, 1.82) is 0 Å². The Balaban J connectivity index is 0.000000216. The van der Waals surface area contributed by atoms with Crippen molar-refractivity contribution in [3.8, 4) is 0 Å². The van der Waals surface area contributed by atoms with E-state index in [4.69, 9.17) is 38.3 Å². The van der Waals surface area contributed by atoms with Crippen LogP contribution in [0.4, 0.5) is 0 Å². The van der Waals surface area contributed by atoms with Gasteiger partial charge in [0.15, 0.2) is 0 Å². The number of fused-ring (bicyclic) bond motifs is 14. The topological polar surface area (TPSA) is 270 Å². The van der Waals surface area contributed by atoms with E-state index in [1.165, 1.54) is 54.5 Å². The Morgan fingerprint density at radius 2 is 0.962 bits per heavy atom. The third-order valence-electron chi connectivity index (χ3n) is 28.2. The SMILES string of the molecule is C1CC2C3CCC(C3)C2C1.C1CC2C3CCC(C3)C2C1.C=O.CCC(C)(CC(C)(C)C(=O)OC)C(=O)OC(C)(C)C.CCC(C)(CC(C)(C)C(=O)OC1CCC(=O)CC1)C(=O)OC(C)(C)C1CCC(O)CC1.CCC(CC(C)C(=O)OC1CC2CC1CC2=O)C(=O)OC(C)(C)C1CC2CC1CC2O.CO. The summed E-state index contributed by atoms with van der Waals surface area (Å²) in [6.07, 6.45) is 31.2. The van der Waals surface area contributed by atoms with E-state index in [0.717, 1.165) is 58.5 Å². The molecule has 105 heavy (non-hydrogen) atoms. The molecule has 3 N–H and O–H groups in total. The zero-order valence-electron chi connectivity index (χ0n) is 68.8. The second-order valence-electron chi connectivity index (χ2n) is 38.5. The lowest BCUT2D eigenvalue weighted by Gasteiger charge is -2.41. The molecule has 12 saturated carbocycles. The third-order valence-corrected chi connectivity index (χ3v) is 28.2. The van der Waals surface area contributed by atoms with Gasteiger partial charge in [-0.05, 0) is 328 Å². The monoisotopic (exact) mass is 1480 g/mol. The summed E-state index contributed by atoms with van der Waals surface area (Å²) in [5.41, 5.74) is -4.76. The minimum absolute atomic E-state index is 0.0747. The molecular formula is C87H146O18. The van der Waals surface area contributed by atoms with Gasteiger partial charge in [-0.25, -0.2) is 0 Å². The molecule has 0 aromatic carbocycles. The molecule has 0 radical (unpaired) electrons. The van der Waals surface area contributed by atoms with Crippen LogP contribution in [0.5, 0.6) is 0 Å². The van der Waals surface area contributed by atoms with Crippen molar-refractivity contribution in [1.82, 2.24) is 0 Å². The maximum Gasteiger partial charge on any atom is 0.312 e. The standard InChI is InChI=1S/C25H38O6.C25H42O6.C15H28O4.2C10H16.CH4O.CH2O/c1-5-14(6-13(2)23(28)30-22-12-17-8-18(22)11-21(17)27)24(29)31-25(3,4)19-9-16-7-15(19)10-20(16)26;1-7-25(6,22(29)31-24(4,5)17-8-10-18(26)11-9-17)16-23(2,3)21(28)30-20-14-12-19(27)13-15-20;1-9-15(7,12(17)19-13(2,3)4)10-14(5,6)11(16)18-8;2*1-2-9-7-4-5-8(6-7)10(9)3-1;2*1-2/h13-20,22,26H,5-12H2,1-4H3;17-18,20,26H,7-16H2,1-6H3;9-10H2,1-8H3;2*7-10H,1-6H2;2H,1H3;1H2. The van der Waals surface area contributed by atoms with Crippen LogP contribution >= 0.6 is 0 Å². The molecule has 18 nitrogen and oxygen atoms in total. The van der Waals surface area contributed by atoms with Crippen molar-refractivity contribution in [2.45, 2.75) is 364 Å². The summed E-state index contributed by atoms with van der Waals surface area (Å²) in [4.78, 5) is 107. The van der Waals surface area contributed by atoms with E-state index in [0.29, 0.717) is 94.7 Å². The Morgan fingerprint density at radius 1 is 0.495 bits per heavy atom. The fraction of sp³-hybridized carbons (Fsp3) is 0.897. The molecule has 0 saturated heterocycles. The Labute approximate surface area is 633 Å². The molecule has 12 aliphatic rings. The van der Waals surface area contributed by atoms with Crippen LogP contribution in [-0.4, -0.2) is 125 Å². The number of methoxy groups -OCH3 is 1. The fourth-order valence-corrected chi connectivity index (χ4v) is 21.9. The van der Waals surface area contributed by atoms with Gasteiger partial charge in [0.2, 0.25) is 0 Å². The van der Waals surface area contributed by atoms with Crippen molar-refractivity contribution in [3.05, 3.63) is 0 Å². The van der Waals surface area contributed by atoms with Crippen LogP contribution in [0.1, 0.15) is 323 Å².